The molecule has 0 aliphatic rings. The molecule has 1 heterocycles. The molecule has 0 bridgehead atoms. The summed E-state index contributed by atoms with van der Waals surface area (Å²) in [6.45, 7) is 0. The molecule has 2 aromatic carbocycles. The highest BCUT2D eigenvalue weighted by molar-refractivity contribution is 14.1. The minimum Gasteiger partial charge on any atom is -0.431 e. The van der Waals surface area contributed by atoms with Gasteiger partial charge in [0.25, 0.3) is 5.22 Å². The highest BCUT2D eigenvalue weighted by Crippen LogP contribution is 2.26. The second kappa shape index (κ2) is 5.32. The third-order valence-corrected chi connectivity index (χ3v) is 4.17. The highest BCUT2D eigenvalue weighted by atomic mass is 127. The fraction of sp³-hybridized carbons (Fsp3) is 0.0714. The van der Waals surface area contributed by atoms with Crippen LogP contribution in [0.4, 0.5) is 0 Å². The number of oxazole rings is 1. The van der Waals surface area contributed by atoms with Gasteiger partial charge in [0.2, 0.25) is 0 Å². The molecule has 0 atom stereocenters. The number of aromatic nitrogens is 1. The molecule has 90 valence electrons. The lowest BCUT2D eigenvalue weighted by Gasteiger charge is -1.98. The molecule has 18 heavy (non-hydrogen) atoms. The van der Waals surface area contributed by atoms with Gasteiger partial charge in [0.1, 0.15) is 5.52 Å². The summed E-state index contributed by atoms with van der Waals surface area (Å²) < 4.78 is 6.92. The molecule has 0 radical (unpaired) electrons. The zero-order valence-electron chi connectivity index (χ0n) is 9.47. The summed E-state index contributed by atoms with van der Waals surface area (Å²) in [5.74, 6) is 0.879. The van der Waals surface area contributed by atoms with E-state index in [1.165, 1.54) is 9.13 Å². The van der Waals surface area contributed by atoms with Crippen LogP contribution in [0.5, 0.6) is 0 Å². The van der Waals surface area contributed by atoms with Crippen LogP contribution in [-0.4, -0.2) is 4.98 Å². The summed E-state index contributed by atoms with van der Waals surface area (Å²) in [6.07, 6.45) is 0. The Labute approximate surface area is 123 Å². The van der Waals surface area contributed by atoms with Crippen molar-refractivity contribution in [1.82, 2.24) is 4.98 Å². The quantitative estimate of drug-likeness (QED) is 0.495. The van der Waals surface area contributed by atoms with E-state index in [0.29, 0.717) is 0 Å². The predicted molar refractivity (Wildman–Crippen MR) is 82.7 cm³/mol. The molecule has 0 saturated carbocycles. The van der Waals surface area contributed by atoms with Gasteiger partial charge in [-0.2, -0.15) is 0 Å². The van der Waals surface area contributed by atoms with Gasteiger partial charge in [0, 0.05) is 9.32 Å². The first kappa shape index (κ1) is 12.0. The smallest absolute Gasteiger partial charge is 0.257 e. The van der Waals surface area contributed by atoms with Gasteiger partial charge < -0.3 is 4.42 Å². The van der Waals surface area contributed by atoms with Gasteiger partial charge in [-0.05, 0) is 52.4 Å². The van der Waals surface area contributed by atoms with E-state index < -0.39 is 0 Å². The molecule has 0 unspecified atom stereocenters. The molecular formula is C14H10INOS. The zero-order chi connectivity index (χ0) is 12.4. The van der Waals surface area contributed by atoms with Crippen LogP contribution in [0.2, 0.25) is 0 Å². The van der Waals surface area contributed by atoms with Gasteiger partial charge in [-0.1, -0.05) is 36.0 Å². The van der Waals surface area contributed by atoms with Gasteiger partial charge in [-0.3, -0.25) is 0 Å². The summed E-state index contributed by atoms with van der Waals surface area (Å²) in [5.41, 5.74) is 3.05. The average molecular weight is 367 g/mol. The van der Waals surface area contributed by atoms with Gasteiger partial charge >= 0.3 is 0 Å². The van der Waals surface area contributed by atoms with E-state index in [2.05, 4.69) is 51.8 Å². The normalized spacial score (nSPS) is 10.9. The van der Waals surface area contributed by atoms with Crippen LogP contribution >= 0.6 is 34.4 Å². The Morgan fingerprint density at radius 3 is 2.61 bits per heavy atom. The zero-order valence-corrected chi connectivity index (χ0v) is 12.4. The maximum absolute atomic E-state index is 5.66. The molecule has 0 N–H and O–H groups in total. The van der Waals surface area contributed by atoms with Crippen molar-refractivity contribution >= 4 is 45.5 Å². The lowest BCUT2D eigenvalue weighted by Crippen LogP contribution is -1.80. The third kappa shape index (κ3) is 2.70. The average Bonchev–Trinajstić information content (AvgIpc) is 2.81. The molecule has 3 rings (SSSR count). The Morgan fingerprint density at radius 1 is 1.06 bits per heavy atom. The number of hydrogen-bond donors (Lipinski definition) is 0. The first-order chi connectivity index (χ1) is 8.81. The van der Waals surface area contributed by atoms with Gasteiger partial charge in [-0.15, -0.1) is 0 Å². The molecule has 2 nitrogen and oxygen atoms in total. The van der Waals surface area contributed by atoms with Crippen LogP contribution in [0.15, 0.2) is 58.2 Å². The van der Waals surface area contributed by atoms with E-state index in [-0.39, 0.29) is 0 Å². The van der Waals surface area contributed by atoms with E-state index in [9.17, 15) is 0 Å². The molecule has 4 heteroatoms. The number of benzene rings is 2. The summed E-state index contributed by atoms with van der Waals surface area (Å²) in [6, 6.07) is 16.3. The summed E-state index contributed by atoms with van der Waals surface area (Å²) >= 11 is 3.93. The van der Waals surface area contributed by atoms with Gasteiger partial charge in [0.15, 0.2) is 5.58 Å². The van der Waals surface area contributed by atoms with Crippen LogP contribution in [-0.2, 0) is 5.75 Å². The maximum atomic E-state index is 5.66. The summed E-state index contributed by atoms with van der Waals surface area (Å²) in [5, 5.41) is 0.731. The minimum absolute atomic E-state index is 0.731. The molecular weight excluding hydrogens is 357 g/mol. The number of fused-ring (bicyclic) bond motifs is 1. The summed E-state index contributed by atoms with van der Waals surface area (Å²) in [7, 11) is 0. The molecule has 0 aliphatic carbocycles. The van der Waals surface area contributed by atoms with Gasteiger partial charge in [-0.25, -0.2) is 4.98 Å². The number of halogens is 1. The second-order valence-corrected chi connectivity index (χ2v) is 6.03. The van der Waals surface area contributed by atoms with Crippen molar-refractivity contribution in [3.05, 3.63) is 57.7 Å². The number of hydrogen-bond acceptors (Lipinski definition) is 3. The van der Waals surface area contributed by atoms with E-state index in [0.717, 1.165) is 22.1 Å². The van der Waals surface area contributed by atoms with Gasteiger partial charge in [0.05, 0.1) is 0 Å². The van der Waals surface area contributed by atoms with Crippen molar-refractivity contribution in [1.29, 1.82) is 0 Å². The molecule has 0 aliphatic heterocycles. The van der Waals surface area contributed by atoms with E-state index in [1.807, 2.05) is 24.3 Å². The summed E-state index contributed by atoms with van der Waals surface area (Å²) in [4.78, 5) is 4.44. The van der Waals surface area contributed by atoms with E-state index >= 15 is 0 Å². The fourth-order valence-corrected chi connectivity index (χ4v) is 2.79. The Bertz CT molecular complexity index is 630. The molecule has 0 spiro atoms. The van der Waals surface area contributed by atoms with Crippen molar-refractivity contribution < 1.29 is 4.42 Å². The topological polar surface area (TPSA) is 26.0 Å². The van der Waals surface area contributed by atoms with Crippen LogP contribution in [0, 0.1) is 3.57 Å². The second-order valence-electron chi connectivity index (χ2n) is 3.86. The van der Waals surface area contributed by atoms with E-state index in [1.54, 1.807) is 11.8 Å². The number of thioether (sulfide) groups is 1. The van der Waals surface area contributed by atoms with Crippen molar-refractivity contribution in [2.45, 2.75) is 11.0 Å². The first-order valence-electron chi connectivity index (χ1n) is 5.54. The molecule has 0 fully saturated rings. The first-order valence-corrected chi connectivity index (χ1v) is 7.60. The number of rotatable bonds is 3. The molecule has 0 amide bonds. The lowest BCUT2D eigenvalue weighted by molar-refractivity contribution is 0.489. The standard InChI is InChI=1S/C14H10INOS/c15-11-7-5-10(6-8-11)9-18-14-16-12-3-1-2-4-13(12)17-14/h1-8H,9H2. The lowest BCUT2D eigenvalue weighted by atomic mass is 10.2. The van der Waals surface area contributed by atoms with E-state index in [4.69, 9.17) is 4.42 Å². The van der Waals surface area contributed by atoms with Crippen LogP contribution in [0.3, 0.4) is 0 Å². The van der Waals surface area contributed by atoms with Crippen LogP contribution < -0.4 is 0 Å². The third-order valence-electron chi connectivity index (χ3n) is 2.55. The molecule has 0 saturated heterocycles. The number of nitrogens with zero attached hydrogens (tertiary/aromatic N) is 1. The molecule has 3 aromatic rings. The largest absolute Gasteiger partial charge is 0.431 e. The Kier molecular flexibility index (Phi) is 3.56. The Morgan fingerprint density at radius 2 is 1.83 bits per heavy atom. The highest BCUT2D eigenvalue weighted by Gasteiger charge is 2.05. The monoisotopic (exact) mass is 367 g/mol. The predicted octanol–water partition coefficient (Wildman–Crippen LogP) is 4.72. The minimum atomic E-state index is 0.731. The fourth-order valence-electron chi connectivity index (χ4n) is 1.64. The van der Waals surface area contributed by atoms with Crippen molar-refractivity contribution in [2.24, 2.45) is 0 Å². The van der Waals surface area contributed by atoms with Crippen molar-refractivity contribution in [2.75, 3.05) is 0 Å². The van der Waals surface area contributed by atoms with Crippen molar-refractivity contribution in [3.8, 4) is 0 Å². The van der Waals surface area contributed by atoms with Crippen LogP contribution in [0.25, 0.3) is 11.1 Å². The number of para-hydroxylation sites is 2. The van der Waals surface area contributed by atoms with Crippen molar-refractivity contribution in [3.63, 3.8) is 0 Å². The molecule has 1 aromatic heterocycles. The Hall–Kier alpha value is -1.01. The SMILES string of the molecule is Ic1ccc(CSc2nc3ccccc3o2)cc1. The Balaban J connectivity index is 1.74. The van der Waals surface area contributed by atoms with Crippen LogP contribution in [0.1, 0.15) is 5.56 Å². The maximum Gasteiger partial charge on any atom is 0.257 e.